The van der Waals surface area contributed by atoms with Crippen molar-refractivity contribution >= 4 is 12.9 Å². The van der Waals surface area contributed by atoms with Gasteiger partial charge in [-0.3, -0.25) is 4.99 Å². The molecule has 0 unspecified atom stereocenters. The molecule has 0 saturated heterocycles. The Kier molecular flexibility index (Phi) is 1.30. The molecule has 1 radical (unpaired) electrons. The van der Waals surface area contributed by atoms with E-state index in [1.807, 2.05) is 19.5 Å². The van der Waals surface area contributed by atoms with E-state index in [1.54, 1.807) is 0 Å². The van der Waals surface area contributed by atoms with E-state index >= 15 is 0 Å². The van der Waals surface area contributed by atoms with E-state index in [9.17, 15) is 0 Å². The summed E-state index contributed by atoms with van der Waals surface area (Å²) in [7, 11) is 2.03. The van der Waals surface area contributed by atoms with E-state index < -0.39 is 0 Å². The molecule has 0 fully saturated rings. The van der Waals surface area contributed by atoms with E-state index in [-0.39, 0.29) is 0 Å². The van der Waals surface area contributed by atoms with Gasteiger partial charge in [0.05, 0.1) is 0 Å². The second kappa shape index (κ2) is 1.96. The second-order valence-electron chi connectivity index (χ2n) is 1.48. The van der Waals surface area contributed by atoms with Crippen molar-refractivity contribution in [3.63, 3.8) is 0 Å². The molecule has 0 amide bonds. The third-order valence-electron chi connectivity index (χ3n) is 0.977. The van der Waals surface area contributed by atoms with Crippen molar-refractivity contribution in [1.82, 2.24) is 0 Å². The number of hydrogen-bond donors (Lipinski definition) is 0. The Morgan fingerprint density at radius 1 is 1.86 bits per heavy atom. The fraction of sp³-hybridized carbons (Fsp3) is 0.400. The summed E-state index contributed by atoms with van der Waals surface area (Å²) in [4.78, 5) is 4.03. The summed E-state index contributed by atoms with van der Waals surface area (Å²) >= 11 is 0. The molecule has 1 aliphatic rings. The number of aliphatic imine (C=N–C) groups is 1. The van der Waals surface area contributed by atoms with Gasteiger partial charge in [0.15, 0.2) is 0 Å². The van der Waals surface area contributed by atoms with Gasteiger partial charge in [-0.25, -0.2) is 0 Å². The summed E-state index contributed by atoms with van der Waals surface area (Å²) in [5.41, 5.74) is 1.18. The monoisotopic (exact) mass is 92.1 g/mol. The van der Waals surface area contributed by atoms with Crippen molar-refractivity contribution < 1.29 is 0 Å². The first-order valence-corrected chi connectivity index (χ1v) is 2.50. The quantitative estimate of drug-likeness (QED) is 0.427. The van der Waals surface area contributed by atoms with Crippen LogP contribution in [0, 0.1) is 0 Å². The Morgan fingerprint density at radius 3 is 3.00 bits per heavy atom. The first-order valence-electron chi connectivity index (χ1n) is 2.50. The minimum atomic E-state index is 1.05. The number of hydrogen-bond acceptors (Lipinski definition) is 1. The predicted molar refractivity (Wildman–Crippen MR) is 32.6 cm³/mol. The maximum atomic E-state index is 4.03. The van der Waals surface area contributed by atoms with Gasteiger partial charge in [-0.1, -0.05) is 12.9 Å². The molecule has 1 heterocycles. The second-order valence-corrected chi connectivity index (χ2v) is 1.48. The highest BCUT2D eigenvalue weighted by Crippen LogP contribution is 1.92. The first kappa shape index (κ1) is 4.63. The summed E-state index contributed by atoms with van der Waals surface area (Å²) in [5.74, 6) is 1.96. The number of rotatable bonds is 1. The zero-order valence-electron chi connectivity index (χ0n) is 4.39. The van der Waals surface area contributed by atoms with Gasteiger partial charge in [-0.2, -0.15) is 0 Å². The fourth-order valence-electron chi connectivity index (χ4n) is 0.545. The van der Waals surface area contributed by atoms with Gasteiger partial charge >= 0.3 is 0 Å². The molecule has 0 aromatic heterocycles. The maximum Gasteiger partial charge on any atom is 0.203 e. The molecular formula is C5H7BN. The van der Waals surface area contributed by atoms with Gasteiger partial charge in [-0.15, -0.1) is 0 Å². The van der Waals surface area contributed by atoms with Crippen LogP contribution < -0.4 is 0 Å². The van der Waals surface area contributed by atoms with Crippen molar-refractivity contribution in [2.45, 2.75) is 13.3 Å². The van der Waals surface area contributed by atoms with Gasteiger partial charge in [0.2, 0.25) is 7.28 Å². The minimum Gasteiger partial charge on any atom is -0.277 e. The van der Waals surface area contributed by atoms with Crippen molar-refractivity contribution in [2.24, 2.45) is 4.99 Å². The van der Waals surface area contributed by atoms with Gasteiger partial charge < -0.3 is 0 Å². The molecular weight excluding hydrogens is 84.9 g/mol. The summed E-state index contributed by atoms with van der Waals surface area (Å²) in [6, 6.07) is 0. The van der Waals surface area contributed by atoms with Crippen LogP contribution in [0.4, 0.5) is 0 Å². The Hall–Kier alpha value is -0.525. The predicted octanol–water partition coefficient (Wildman–Crippen LogP) is 0.984. The van der Waals surface area contributed by atoms with Crippen LogP contribution in [0.2, 0.25) is 0 Å². The lowest BCUT2D eigenvalue weighted by molar-refractivity contribution is 1.30. The van der Waals surface area contributed by atoms with E-state index in [0.717, 1.165) is 6.42 Å². The van der Waals surface area contributed by atoms with Crippen LogP contribution in [-0.4, -0.2) is 12.9 Å². The smallest absolute Gasteiger partial charge is 0.203 e. The van der Waals surface area contributed by atoms with Gasteiger partial charge in [0.1, 0.15) is 0 Å². The SMILES string of the molecule is CCC1=NC=C[B]1. The molecule has 1 nitrogen and oxygen atoms in total. The summed E-state index contributed by atoms with van der Waals surface area (Å²) in [5, 5.41) is 0. The van der Waals surface area contributed by atoms with Crippen molar-refractivity contribution in [3.8, 4) is 0 Å². The van der Waals surface area contributed by atoms with Crippen molar-refractivity contribution in [1.29, 1.82) is 0 Å². The third kappa shape index (κ3) is 0.920. The Balaban J connectivity index is 2.45. The summed E-state index contributed by atoms with van der Waals surface area (Å²) in [6.07, 6.45) is 2.87. The maximum absolute atomic E-state index is 4.03. The average Bonchev–Trinajstić information content (AvgIpc) is 2.14. The van der Waals surface area contributed by atoms with Gasteiger partial charge in [0, 0.05) is 6.20 Å². The van der Waals surface area contributed by atoms with Gasteiger partial charge in [0.25, 0.3) is 0 Å². The van der Waals surface area contributed by atoms with E-state index in [4.69, 9.17) is 0 Å². The molecule has 7 heavy (non-hydrogen) atoms. The molecule has 0 bridgehead atoms. The fourth-order valence-corrected chi connectivity index (χ4v) is 0.545. The van der Waals surface area contributed by atoms with Gasteiger partial charge in [-0.05, 0) is 12.0 Å². The highest BCUT2D eigenvalue weighted by molar-refractivity contribution is 6.80. The largest absolute Gasteiger partial charge is 0.277 e. The molecule has 1 rings (SSSR count). The van der Waals surface area contributed by atoms with Crippen LogP contribution in [0.15, 0.2) is 17.2 Å². The molecule has 2 heteroatoms. The Morgan fingerprint density at radius 2 is 2.71 bits per heavy atom. The molecule has 1 aliphatic heterocycles. The summed E-state index contributed by atoms with van der Waals surface area (Å²) < 4.78 is 0. The third-order valence-corrected chi connectivity index (χ3v) is 0.977. The van der Waals surface area contributed by atoms with E-state index in [1.165, 1.54) is 5.61 Å². The Bertz CT molecular complexity index is 115. The lowest BCUT2D eigenvalue weighted by Gasteiger charge is -1.85. The van der Waals surface area contributed by atoms with Crippen molar-refractivity contribution in [2.75, 3.05) is 0 Å². The highest BCUT2D eigenvalue weighted by Gasteiger charge is 1.96. The average molecular weight is 91.9 g/mol. The molecule has 0 aromatic rings. The molecule has 0 atom stereocenters. The summed E-state index contributed by atoms with van der Waals surface area (Å²) in [6.45, 7) is 2.10. The minimum absolute atomic E-state index is 1.05. The first-order chi connectivity index (χ1) is 3.43. The zero-order chi connectivity index (χ0) is 5.11. The van der Waals surface area contributed by atoms with Crippen LogP contribution >= 0.6 is 0 Å². The number of nitrogens with zero attached hydrogens (tertiary/aromatic N) is 1. The van der Waals surface area contributed by atoms with Crippen LogP contribution in [0.1, 0.15) is 13.3 Å². The lowest BCUT2D eigenvalue weighted by Crippen LogP contribution is -1.99. The van der Waals surface area contributed by atoms with Crippen LogP contribution in [-0.2, 0) is 0 Å². The van der Waals surface area contributed by atoms with Crippen LogP contribution in [0.5, 0.6) is 0 Å². The van der Waals surface area contributed by atoms with Crippen molar-refractivity contribution in [3.05, 3.63) is 12.2 Å². The molecule has 0 saturated carbocycles. The Labute approximate surface area is 44.4 Å². The standard InChI is InChI=1S/C5H7BN/c1-2-5-6-3-4-7-5/h3-4H,2H2,1H3. The molecule has 0 spiro atoms. The molecule has 35 valence electrons. The molecule has 0 aliphatic carbocycles. The van der Waals surface area contributed by atoms with Crippen LogP contribution in [0.3, 0.4) is 0 Å². The lowest BCUT2D eigenvalue weighted by atomic mass is 9.73. The molecule has 0 aromatic carbocycles. The van der Waals surface area contributed by atoms with E-state index in [2.05, 4.69) is 11.9 Å². The topological polar surface area (TPSA) is 12.4 Å². The normalized spacial score (nSPS) is 16.4. The highest BCUT2D eigenvalue weighted by atomic mass is 14.7. The zero-order valence-corrected chi connectivity index (χ0v) is 4.39. The van der Waals surface area contributed by atoms with Crippen LogP contribution in [0.25, 0.3) is 0 Å². The van der Waals surface area contributed by atoms with E-state index in [0.29, 0.717) is 0 Å². The molecule has 0 N–H and O–H groups in total.